The highest BCUT2D eigenvalue weighted by atomic mass is 16.5. The highest BCUT2D eigenvalue weighted by molar-refractivity contribution is 5.98. The molecular weight excluding hydrogens is 376 g/mol. The third-order valence-corrected chi connectivity index (χ3v) is 4.93. The van der Waals surface area contributed by atoms with Crippen LogP contribution in [0, 0.1) is 0 Å². The van der Waals surface area contributed by atoms with Gasteiger partial charge in [0.05, 0.1) is 18.6 Å². The van der Waals surface area contributed by atoms with E-state index in [9.17, 15) is 9.59 Å². The minimum absolute atomic E-state index is 0.178. The quantitative estimate of drug-likeness (QED) is 0.398. The Balaban J connectivity index is 1.55. The van der Waals surface area contributed by atoms with Crippen LogP contribution in [0.2, 0.25) is 0 Å². The third kappa shape index (κ3) is 5.83. The van der Waals surface area contributed by atoms with Gasteiger partial charge in [0.15, 0.2) is 0 Å². The molecule has 2 N–H and O–H groups in total. The number of hydrogen-bond donors (Lipinski definition) is 2. The second-order valence-electron chi connectivity index (χ2n) is 7.22. The van der Waals surface area contributed by atoms with Crippen LogP contribution >= 0.6 is 0 Å². The number of fused-ring (bicyclic) bond motifs is 1. The van der Waals surface area contributed by atoms with Crippen LogP contribution in [0.15, 0.2) is 66.7 Å². The summed E-state index contributed by atoms with van der Waals surface area (Å²) in [5.74, 6) is -0.155. The number of rotatable bonds is 9. The van der Waals surface area contributed by atoms with Gasteiger partial charge in [-0.25, -0.2) is 0 Å². The Morgan fingerprint density at radius 2 is 1.60 bits per heavy atom. The first-order valence-electron chi connectivity index (χ1n) is 10.5. The van der Waals surface area contributed by atoms with Gasteiger partial charge in [0.1, 0.15) is 5.75 Å². The Morgan fingerprint density at radius 1 is 0.833 bits per heavy atom. The zero-order valence-electron chi connectivity index (χ0n) is 17.3. The van der Waals surface area contributed by atoms with E-state index in [0.29, 0.717) is 17.9 Å². The number of ether oxygens (including phenoxy) is 1. The molecule has 3 rings (SSSR count). The molecule has 0 aliphatic rings. The van der Waals surface area contributed by atoms with Crippen molar-refractivity contribution in [3.05, 3.63) is 77.9 Å². The first kappa shape index (κ1) is 21.4. The van der Waals surface area contributed by atoms with Crippen LogP contribution < -0.4 is 15.6 Å². The number of para-hydroxylation sites is 1. The number of benzene rings is 3. The van der Waals surface area contributed by atoms with Crippen molar-refractivity contribution in [2.45, 2.75) is 39.0 Å². The zero-order chi connectivity index (χ0) is 21.2. The maximum Gasteiger partial charge on any atom is 0.273 e. The minimum Gasteiger partial charge on any atom is -0.493 e. The molecule has 0 spiro atoms. The van der Waals surface area contributed by atoms with Crippen molar-refractivity contribution >= 4 is 22.6 Å². The van der Waals surface area contributed by atoms with Gasteiger partial charge < -0.3 is 4.74 Å². The van der Waals surface area contributed by atoms with Crippen LogP contribution in [-0.4, -0.2) is 18.4 Å². The van der Waals surface area contributed by atoms with E-state index in [-0.39, 0.29) is 12.3 Å². The lowest BCUT2D eigenvalue weighted by Crippen LogP contribution is -2.42. The van der Waals surface area contributed by atoms with E-state index < -0.39 is 5.91 Å². The predicted molar refractivity (Wildman–Crippen MR) is 119 cm³/mol. The molecule has 0 heterocycles. The molecule has 0 aliphatic heterocycles. The van der Waals surface area contributed by atoms with Crippen molar-refractivity contribution < 1.29 is 14.3 Å². The zero-order valence-corrected chi connectivity index (χ0v) is 17.3. The average Bonchev–Trinajstić information content (AvgIpc) is 2.78. The molecule has 0 atom stereocenters. The fourth-order valence-electron chi connectivity index (χ4n) is 3.35. The molecule has 0 radical (unpaired) electrons. The molecule has 30 heavy (non-hydrogen) atoms. The molecule has 0 fully saturated rings. The van der Waals surface area contributed by atoms with Crippen LogP contribution in [-0.2, 0) is 11.2 Å². The van der Waals surface area contributed by atoms with Crippen molar-refractivity contribution in [3.63, 3.8) is 0 Å². The summed E-state index contributed by atoms with van der Waals surface area (Å²) >= 11 is 0. The topological polar surface area (TPSA) is 67.4 Å². The molecule has 3 aromatic carbocycles. The van der Waals surface area contributed by atoms with Gasteiger partial charge >= 0.3 is 0 Å². The normalized spacial score (nSPS) is 10.6. The van der Waals surface area contributed by atoms with Crippen LogP contribution in [0.5, 0.6) is 5.75 Å². The SMILES string of the molecule is CCCCCCOc1ccccc1C(=O)NNC(=O)Cc1cccc2ccccc12. The Labute approximate surface area is 177 Å². The van der Waals surface area contributed by atoms with Gasteiger partial charge in [0.25, 0.3) is 5.91 Å². The van der Waals surface area contributed by atoms with Gasteiger partial charge in [-0.05, 0) is 34.9 Å². The van der Waals surface area contributed by atoms with E-state index in [1.165, 1.54) is 6.42 Å². The van der Waals surface area contributed by atoms with E-state index in [1.807, 2.05) is 48.5 Å². The van der Waals surface area contributed by atoms with E-state index in [1.54, 1.807) is 18.2 Å². The summed E-state index contributed by atoms with van der Waals surface area (Å²) in [4.78, 5) is 25.0. The molecule has 0 aromatic heterocycles. The highest BCUT2D eigenvalue weighted by Crippen LogP contribution is 2.19. The number of unbranched alkanes of at least 4 members (excludes halogenated alkanes) is 3. The second-order valence-corrected chi connectivity index (χ2v) is 7.22. The summed E-state index contributed by atoms with van der Waals surface area (Å²) in [6, 6.07) is 20.8. The van der Waals surface area contributed by atoms with Gasteiger partial charge in [-0.15, -0.1) is 0 Å². The van der Waals surface area contributed by atoms with Gasteiger partial charge in [-0.1, -0.05) is 80.8 Å². The van der Waals surface area contributed by atoms with Crippen molar-refractivity contribution in [3.8, 4) is 5.75 Å². The molecule has 156 valence electrons. The number of nitrogens with one attached hydrogen (secondary N) is 2. The largest absolute Gasteiger partial charge is 0.493 e. The maximum absolute atomic E-state index is 12.6. The number of carbonyl (C=O) groups is 2. The summed E-state index contributed by atoms with van der Waals surface area (Å²) in [6.45, 7) is 2.73. The molecule has 5 heteroatoms. The van der Waals surface area contributed by atoms with Gasteiger partial charge in [0, 0.05) is 0 Å². The van der Waals surface area contributed by atoms with Crippen LogP contribution in [0.25, 0.3) is 10.8 Å². The lowest BCUT2D eigenvalue weighted by molar-refractivity contribution is -0.121. The maximum atomic E-state index is 12.6. The van der Waals surface area contributed by atoms with Crippen molar-refractivity contribution in [2.75, 3.05) is 6.61 Å². The molecule has 0 bridgehead atoms. The van der Waals surface area contributed by atoms with E-state index in [0.717, 1.165) is 35.6 Å². The number of hydrogen-bond acceptors (Lipinski definition) is 3. The molecule has 5 nitrogen and oxygen atoms in total. The van der Waals surface area contributed by atoms with Gasteiger partial charge in [-0.2, -0.15) is 0 Å². The summed E-state index contributed by atoms with van der Waals surface area (Å²) in [5.41, 5.74) is 6.32. The van der Waals surface area contributed by atoms with E-state index in [2.05, 4.69) is 17.8 Å². The van der Waals surface area contributed by atoms with Crippen LogP contribution in [0.4, 0.5) is 0 Å². The van der Waals surface area contributed by atoms with Gasteiger partial charge in [-0.3, -0.25) is 20.4 Å². The third-order valence-electron chi connectivity index (χ3n) is 4.93. The molecule has 0 aliphatic carbocycles. The summed E-state index contributed by atoms with van der Waals surface area (Å²) < 4.78 is 5.78. The average molecular weight is 405 g/mol. The van der Waals surface area contributed by atoms with Crippen molar-refractivity contribution in [2.24, 2.45) is 0 Å². The van der Waals surface area contributed by atoms with Crippen LogP contribution in [0.1, 0.15) is 48.5 Å². The second kappa shape index (κ2) is 11.0. The van der Waals surface area contributed by atoms with Gasteiger partial charge in [0.2, 0.25) is 5.91 Å². The lowest BCUT2D eigenvalue weighted by Gasteiger charge is -2.12. The summed E-state index contributed by atoms with van der Waals surface area (Å²) in [7, 11) is 0. The first-order valence-corrected chi connectivity index (χ1v) is 10.5. The first-order chi connectivity index (χ1) is 14.7. The molecule has 2 amide bonds. The Morgan fingerprint density at radius 3 is 2.47 bits per heavy atom. The highest BCUT2D eigenvalue weighted by Gasteiger charge is 2.13. The van der Waals surface area contributed by atoms with E-state index in [4.69, 9.17) is 4.74 Å². The molecule has 0 unspecified atom stereocenters. The molecular formula is C25H28N2O3. The minimum atomic E-state index is -0.398. The molecule has 3 aromatic rings. The summed E-state index contributed by atoms with van der Waals surface area (Å²) in [6.07, 6.45) is 4.57. The smallest absolute Gasteiger partial charge is 0.273 e. The Hall–Kier alpha value is -3.34. The predicted octanol–water partition coefficient (Wildman–Crippen LogP) is 4.80. The Bertz CT molecular complexity index is 995. The van der Waals surface area contributed by atoms with Crippen molar-refractivity contribution in [1.82, 2.24) is 10.9 Å². The van der Waals surface area contributed by atoms with Crippen LogP contribution in [0.3, 0.4) is 0 Å². The fourth-order valence-corrected chi connectivity index (χ4v) is 3.35. The number of carbonyl (C=O) groups excluding carboxylic acids is 2. The lowest BCUT2D eigenvalue weighted by atomic mass is 10.0. The monoisotopic (exact) mass is 404 g/mol. The standard InChI is InChI=1S/C25H28N2O3/c1-2-3-4-9-17-30-23-16-8-7-15-22(23)25(29)27-26-24(28)18-20-13-10-12-19-11-5-6-14-21(19)20/h5-8,10-16H,2-4,9,17-18H2,1H3,(H,26,28)(H,27,29). The molecule has 0 saturated heterocycles. The fraction of sp³-hybridized carbons (Fsp3) is 0.280. The summed E-state index contributed by atoms with van der Waals surface area (Å²) in [5, 5.41) is 2.11. The van der Waals surface area contributed by atoms with Crippen molar-refractivity contribution in [1.29, 1.82) is 0 Å². The molecule has 0 saturated carbocycles. The number of hydrazine groups is 1. The Kier molecular flexibility index (Phi) is 7.84. The van der Waals surface area contributed by atoms with E-state index >= 15 is 0 Å². The number of amides is 2.